The number of benzene rings is 1. The van der Waals surface area contributed by atoms with E-state index in [0.717, 1.165) is 18.9 Å². The maximum Gasteiger partial charge on any atom is 0.142 e. The van der Waals surface area contributed by atoms with Gasteiger partial charge in [-0.3, -0.25) is 0 Å². The van der Waals surface area contributed by atoms with Crippen LogP contribution in [0.25, 0.3) is 0 Å². The van der Waals surface area contributed by atoms with Gasteiger partial charge < -0.3 is 9.64 Å². The minimum absolute atomic E-state index is 0.356. The molecule has 1 aromatic rings. The van der Waals surface area contributed by atoms with E-state index in [1.165, 1.54) is 17.0 Å². The highest BCUT2D eigenvalue weighted by Crippen LogP contribution is 2.54. The summed E-state index contributed by atoms with van der Waals surface area (Å²) >= 11 is 2.02. The molecule has 1 saturated heterocycles. The Balaban J connectivity index is 2.01. The van der Waals surface area contributed by atoms with Crippen LogP contribution in [0.5, 0.6) is 5.75 Å². The fourth-order valence-corrected chi connectivity index (χ4v) is 3.06. The average Bonchev–Trinajstić information content (AvgIpc) is 3.07. The van der Waals surface area contributed by atoms with Crippen molar-refractivity contribution >= 4 is 17.4 Å². The number of fused-ring (bicyclic) bond motifs is 1. The Morgan fingerprint density at radius 1 is 1.41 bits per heavy atom. The largest absolute Gasteiger partial charge is 0.490 e. The molecule has 0 radical (unpaired) electrons. The van der Waals surface area contributed by atoms with Crippen LogP contribution in [0.3, 0.4) is 0 Å². The zero-order valence-corrected chi connectivity index (χ0v) is 11.5. The predicted octanol–water partition coefficient (Wildman–Crippen LogP) is 3.26. The molecule has 0 saturated carbocycles. The van der Waals surface area contributed by atoms with E-state index >= 15 is 0 Å². The quantitative estimate of drug-likeness (QED) is 0.747. The summed E-state index contributed by atoms with van der Waals surface area (Å²) in [5.41, 5.74) is 2.72. The van der Waals surface area contributed by atoms with E-state index < -0.39 is 0 Å². The van der Waals surface area contributed by atoms with Crippen LogP contribution in [0.4, 0.5) is 5.69 Å². The second-order valence-corrected chi connectivity index (χ2v) is 6.82. The Hall–Kier alpha value is -0.830. The molecule has 0 aromatic heterocycles. The van der Waals surface area contributed by atoms with Crippen LogP contribution in [0.15, 0.2) is 18.2 Å². The summed E-state index contributed by atoms with van der Waals surface area (Å²) in [4.78, 5) is 2.44. The standard InChI is InChI=1S/C14H19NOS/c1-10(2)15-6-7-16-13-5-4-11(8-12(13)15)14(3)9-17-14/h4-5,8,10H,6-7,9H2,1-3H3. The molecule has 1 atom stereocenters. The lowest BCUT2D eigenvalue weighted by atomic mass is 10.0. The number of ether oxygens (including phenoxy) is 1. The first kappa shape index (κ1) is 11.3. The molecule has 0 N–H and O–H groups in total. The summed E-state index contributed by atoms with van der Waals surface area (Å²) in [7, 11) is 0. The molecule has 0 amide bonds. The fourth-order valence-electron chi connectivity index (χ4n) is 2.38. The van der Waals surface area contributed by atoms with Crippen molar-refractivity contribution in [2.45, 2.75) is 31.6 Å². The molecule has 92 valence electrons. The van der Waals surface area contributed by atoms with Crippen LogP contribution in [0, 0.1) is 0 Å². The number of thioether (sulfide) groups is 1. The van der Waals surface area contributed by atoms with E-state index in [-0.39, 0.29) is 0 Å². The number of hydrogen-bond donors (Lipinski definition) is 0. The lowest BCUT2D eigenvalue weighted by Gasteiger charge is -2.35. The van der Waals surface area contributed by atoms with Gasteiger partial charge in [0.1, 0.15) is 12.4 Å². The minimum atomic E-state index is 0.356. The Kier molecular flexibility index (Phi) is 2.54. The molecule has 1 unspecified atom stereocenters. The van der Waals surface area contributed by atoms with E-state index in [0.29, 0.717) is 10.8 Å². The van der Waals surface area contributed by atoms with Gasteiger partial charge in [0.15, 0.2) is 0 Å². The molecular formula is C14H19NOS. The van der Waals surface area contributed by atoms with Crippen LogP contribution in [0.2, 0.25) is 0 Å². The Bertz CT molecular complexity index is 440. The molecule has 0 aliphatic carbocycles. The summed E-state index contributed by atoms with van der Waals surface area (Å²) in [5.74, 6) is 2.29. The lowest BCUT2D eigenvalue weighted by Crippen LogP contribution is -2.38. The zero-order valence-electron chi connectivity index (χ0n) is 10.7. The summed E-state index contributed by atoms with van der Waals surface area (Å²) in [5, 5.41) is 0. The van der Waals surface area contributed by atoms with E-state index in [1.807, 2.05) is 11.8 Å². The van der Waals surface area contributed by atoms with E-state index in [1.54, 1.807) is 0 Å². The van der Waals surface area contributed by atoms with Crippen molar-refractivity contribution < 1.29 is 4.74 Å². The fraction of sp³-hybridized carbons (Fsp3) is 0.571. The van der Waals surface area contributed by atoms with Crippen LogP contribution in [0.1, 0.15) is 26.3 Å². The molecular weight excluding hydrogens is 230 g/mol. The first-order valence-electron chi connectivity index (χ1n) is 6.28. The molecule has 1 fully saturated rings. The van der Waals surface area contributed by atoms with Crippen molar-refractivity contribution in [3.05, 3.63) is 23.8 Å². The van der Waals surface area contributed by atoms with Gasteiger partial charge in [0.2, 0.25) is 0 Å². The van der Waals surface area contributed by atoms with Crippen molar-refractivity contribution in [2.75, 3.05) is 23.8 Å². The molecule has 2 heterocycles. The maximum absolute atomic E-state index is 5.74. The van der Waals surface area contributed by atoms with Crippen molar-refractivity contribution in [3.63, 3.8) is 0 Å². The van der Waals surface area contributed by atoms with Crippen LogP contribution in [-0.2, 0) is 4.75 Å². The monoisotopic (exact) mass is 249 g/mol. The number of rotatable bonds is 2. The van der Waals surface area contributed by atoms with Gasteiger partial charge in [-0.05, 0) is 38.5 Å². The molecule has 3 rings (SSSR count). The number of hydrogen-bond acceptors (Lipinski definition) is 3. The minimum Gasteiger partial charge on any atom is -0.490 e. The van der Waals surface area contributed by atoms with Gasteiger partial charge in [-0.1, -0.05) is 6.07 Å². The Morgan fingerprint density at radius 3 is 2.82 bits per heavy atom. The molecule has 0 spiro atoms. The van der Waals surface area contributed by atoms with Gasteiger partial charge in [-0.15, -0.1) is 11.8 Å². The zero-order chi connectivity index (χ0) is 12.0. The third kappa shape index (κ3) is 1.90. The van der Waals surface area contributed by atoms with Crippen LogP contribution >= 0.6 is 11.8 Å². The first-order chi connectivity index (χ1) is 8.10. The Labute approximate surface area is 107 Å². The van der Waals surface area contributed by atoms with Gasteiger partial charge in [0, 0.05) is 16.5 Å². The number of nitrogens with zero attached hydrogens (tertiary/aromatic N) is 1. The average molecular weight is 249 g/mol. The SMILES string of the molecule is CC(C)N1CCOc2ccc(C3(C)CS3)cc21. The van der Waals surface area contributed by atoms with Crippen molar-refractivity contribution in [3.8, 4) is 5.75 Å². The number of anilines is 1. The van der Waals surface area contributed by atoms with E-state index in [2.05, 4.69) is 43.9 Å². The van der Waals surface area contributed by atoms with E-state index in [4.69, 9.17) is 4.74 Å². The van der Waals surface area contributed by atoms with Gasteiger partial charge in [-0.25, -0.2) is 0 Å². The molecule has 2 aliphatic heterocycles. The summed E-state index contributed by atoms with van der Waals surface area (Å²) in [6.07, 6.45) is 0. The second-order valence-electron chi connectivity index (χ2n) is 5.34. The van der Waals surface area contributed by atoms with Crippen LogP contribution in [-0.4, -0.2) is 24.9 Å². The van der Waals surface area contributed by atoms with Crippen molar-refractivity contribution in [1.82, 2.24) is 0 Å². The molecule has 17 heavy (non-hydrogen) atoms. The van der Waals surface area contributed by atoms with E-state index in [9.17, 15) is 0 Å². The third-order valence-electron chi connectivity index (χ3n) is 3.67. The predicted molar refractivity (Wildman–Crippen MR) is 74.2 cm³/mol. The first-order valence-corrected chi connectivity index (χ1v) is 7.27. The summed E-state index contributed by atoms with van der Waals surface area (Å²) < 4.78 is 6.10. The molecule has 0 bridgehead atoms. The van der Waals surface area contributed by atoms with Crippen molar-refractivity contribution in [1.29, 1.82) is 0 Å². The van der Waals surface area contributed by atoms with Gasteiger partial charge >= 0.3 is 0 Å². The van der Waals surface area contributed by atoms with Gasteiger partial charge in [0.05, 0.1) is 12.2 Å². The molecule has 2 aliphatic rings. The molecule has 3 heteroatoms. The molecule has 2 nitrogen and oxygen atoms in total. The smallest absolute Gasteiger partial charge is 0.142 e. The summed E-state index contributed by atoms with van der Waals surface area (Å²) in [6, 6.07) is 7.23. The maximum atomic E-state index is 5.74. The highest BCUT2D eigenvalue weighted by molar-refractivity contribution is 8.07. The second kappa shape index (κ2) is 3.84. The summed E-state index contributed by atoms with van der Waals surface area (Å²) in [6.45, 7) is 8.61. The van der Waals surface area contributed by atoms with Crippen molar-refractivity contribution in [2.24, 2.45) is 0 Å². The van der Waals surface area contributed by atoms with Gasteiger partial charge in [-0.2, -0.15) is 0 Å². The Morgan fingerprint density at radius 2 is 2.18 bits per heavy atom. The highest BCUT2D eigenvalue weighted by Gasteiger charge is 2.41. The van der Waals surface area contributed by atoms with Gasteiger partial charge in [0.25, 0.3) is 0 Å². The normalized spacial score (nSPS) is 26.7. The highest BCUT2D eigenvalue weighted by atomic mass is 32.2. The third-order valence-corrected chi connectivity index (χ3v) is 5.06. The lowest BCUT2D eigenvalue weighted by molar-refractivity contribution is 0.302. The van der Waals surface area contributed by atoms with Crippen LogP contribution < -0.4 is 9.64 Å². The topological polar surface area (TPSA) is 12.5 Å². The molecule has 1 aromatic carbocycles.